The second kappa shape index (κ2) is 9.47. The molecule has 1 aromatic rings. The molecule has 0 unspecified atom stereocenters. The number of amides is 1. The zero-order valence-corrected chi connectivity index (χ0v) is 16.4. The molecule has 6 heteroatoms. The van der Waals surface area contributed by atoms with Crippen LogP contribution < -0.4 is 10.2 Å². The highest BCUT2D eigenvalue weighted by Gasteiger charge is 2.24. The molecule has 1 amide bonds. The number of nitrogens with zero attached hydrogens (tertiary/aromatic N) is 2. The van der Waals surface area contributed by atoms with E-state index in [0.29, 0.717) is 30.8 Å². The van der Waals surface area contributed by atoms with E-state index in [0.717, 1.165) is 43.9 Å². The van der Waals surface area contributed by atoms with Gasteiger partial charge in [0, 0.05) is 25.7 Å². The van der Waals surface area contributed by atoms with Gasteiger partial charge < -0.3 is 19.9 Å². The van der Waals surface area contributed by atoms with Crippen molar-refractivity contribution < 1.29 is 9.53 Å². The molecule has 0 bridgehead atoms. The van der Waals surface area contributed by atoms with Gasteiger partial charge in [-0.15, -0.1) is 0 Å². The number of hydrogen-bond acceptors (Lipinski definition) is 4. The molecule has 1 N–H and O–H groups in total. The summed E-state index contributed by atoms with van der Waals surface area (Å²) in [5.41, 5.74) is 1.90. The summed E-state index contributed by atoms with van der Waals surface area (Å²) in [6, 6.07) is 6.24. The number of nitrogens with one attached hydrogen (secondary N) is 1. The minimum atomic E-state index is 0.173. The first-order valence-corrected chi connectivity index (χ1v) is 10.2. The van der Waals surface area contributed by atoms with Crippen LogP contribution in [0, 0.1) is 0 Å². The number of anilines is 2. The van der Waals surface area contributed by atoms with Crippen LogP contribution in [0.25, 0.3) is 0 Å². The van der Waals surface area contributed by atoms with Gasteiger partial charge in [-0.05, 0) is 31.9 Å². The van der Waals surface area contributed by atoms with Crippen LogP contribution in [0.1, 0.15) is 39.0 Å². The summed E-state index contributed by atoms with van der Waals surface area (Å²) in [6.45, 7) is 6.19. The molecule has 1 saturated heterocycles. The first-order valence-electron chi connectivity index (χ1n) is 9.85. The highest BCUT2D eigenvalue weighted by atomic mass is 35.5. The van der Waals surface area contributed by atoms with Crippen molar-refractivity contribution in [3.63, 3.8) is 0 Å². The fourth-order valence-corrected chi connectivity index (χ4v) is 4.36. The number of para-hydroxylation sites is 1. The molecule has 5 nitrogen and oxygen atoms in total. The van der Waals surface area contributed by atoms with Crippen LogP contribution >= 0.6 is 11.6 Å². The van der Waals surface area contributed by atoms with Crippen LogP contribution in [-0.2, 0) is 9.53 Å². The molecule has 1 aliphatic heterocycles. The Morgan fingerprint density at radius 3 is 2.69 bits per heavy atom. The van der Waals surface area contributed by atoms with Gasteiger partial charge in [-0.1, -0.05) is 36.9 Å². The predicted octanol–water partition coefficient (Wildman–Crippen LogP) is 3.77. The third-order valence-electron chi connectivity index (χ3n) is 5.42. The van der Waals surface area contributed by atoms with Crippen molar-refractivity contribution >= 4 is 28.9 Å². The molecule has 2 fully saturated rings. The Morgan fingerprint density at radius 1 is 1.27 bits per heavy atom. The fraction of sp³-hybridized carbons (Fsp3) is 0.650. The Morgan fingerprint density at radius 2 is 2.00 bits per heavy atom. The van der Waals surface area contributed by atoms with E-state index < -0.39 is 0 Å². The minimum Gasteiger partial charge on any atom is -0.378 e. The quantitative estimate of drug-likeness (QED) is 0.817. The topological polar surface area (TPSA) is 44.8 Å². The molecule has 26 heavy (non-hydrogen) atoms. The Bertz CT molecular complexity index is 599. The molecule has 1 saturated carbocycles. The van der Waals surface area contributed by atoms with Crippen LogP contribution in [0.2, 0.25) is 5.02 Å². The number of rotatable bonds is 6. The van der Waals surface area contributed by atoms with Crippen LogP contribution in [-0.4, -0.2) is 56.2 Å². The summed E-state index contributed by atoms with van der Waals surface area (Å²) in [4.78, 5) is 17.1. The van der Waals surface area contributed by atoms with Crippen molar-refractivity contribution in [2.24, 2.45) is 0 Å². The maximum Gasteiger partial charge on any atom is 0.242 e. The first-order chi connectivity index (χ1) is 12.7. The summed E-state index contributed by atoms with van der Waals surface area (Å²) < 4.78 is 5.45. The number of benzene rings is 1. The lowest BCUT2D eigenvalue weighted by Crippen LogP contribution is -2.44. The van der Waals surface area contributed by atoms with Gasteiger partial charge >= 0.3 is 0 Å². The molecule has 144 valence electrons. The number of carbonyl (C=O) groups excluding carboxylic acids is 1. The molecule has 2 aliphatic rings. The van der Waals surface area contributed by atoms with E-state index >= 15 is 0 Å². The third-order valence-corrected chi connectivity index (χ3v) is 5.73. The SMILES string of the molecule is CCN(C(=O)CNc1cccc(Cl)c1N1CCOCC1)C1CCCCC1. The van der Waals surface area contributed by atoms with E-state index in [1.54, 1.807) is 0 Å². The molecule has 0 aromatic heterocycles. The summed E-state index contributed by atoms with van der Waals surface area (Å²) in [6.07, 6.45) is 6.03. The molecular formula is C20H30ClN3O2. The molecular weight excluding hydrogens is 350 g/mol. The maximum atomic E-state index is 12.8. The lowest BCUT2D eigenvalue weighted by molar-refractivity contribution is -0.132. The molecule has 0 atom stereocenters. The lowest BCUT2D eigenvalue weighted by Gasteiger charge is -2.34. The number of halogens is 1. The van der Waals surface area contributed by atoms with Gasteiger partial charge in [-0.2, -0.15) is 0 Å². The average molecular weight is 380 g/mol. The highest BCUT2D eigenvalue weighted by molar-refractivity contribution is 6.34. The first kappa shape index (κ1) is 19.3. The fourth-order valence-electron chi connectivity index (χ4n) is 4.07. The van der Waals surface area contributed by atoms with Crippen molar-refractivity contribution in [3.05, 3.63) is 23.2 Å². The van der Waals surface area contributed by atoms with Crippen molar-refractivity contribution in [1.82, 2.24) is 4.90 Å². The van der Waals surface area contributed by atoms with Crippen molar-refractivity contribution in [2.45, 2.75) is 45.1 Å². The molecule has 3 rings (SSSR count). The normalized spacial score (nSPS) is 18.6. The highest BCUT2D eigenvalue weighted by Crippen LogP contribution is 2.34. The van der Waals surface area contributed by atoms with Crippen molar-refractivity contribution in [2.75, 3.05) is 49.6 Å². The van der Waals surface area contributed by atoms with E-state index in [1.165, 1.54) is 19.3 Å². The van der Waals surface area contributed by atoms with Gasteiger partial charge in [0.2, 0.25) is 5.91 Å². The van der Waals surface area contributed by atoms with Gasteiger partial charge in [-0.25, -0.2) is 0 Å². The summed E-state index contributed by atoms with van der Waals surface area (Å²) in [5, 5.41) is 4.06. The van der Waals surface area contributed by atoms with Crippen molar-refractivity contribution in [3.8, 4) is 0 Å². The van der Waals surface area contributed by atoms with Gasteiger partial charge in [0.15, 0.2) is 0 Å². The van der Waals surface area contributed by atoms with Crippen LogP contribution in [0.4, 0.5) is 11.4 Å². The largest absolute Gasteiger partial charge is 0.378 e. The number of likely N-dealkylation sites (N-methyl/N-ethyl adjacent to an activating group) is 1. The predicted molar refractivity (Wildman–Crippen MR) is 107 cm³/mol. The van der Waals surface area contributed by atoms with E-state index in [2.05, 4.69) is 17.1 Å². The summed E-state index contributed by atoms with van der Waals surface area (Å²) in [7, 11) is 0. The van der Waals surface area contributed by atoms with E-state index in [9.17, 15) is 4.79 Å². The second-order valence-electron chi connectivity index (χ2n) is 7.06. The second-order valence-corrected chi connectivity index (χ2v) is 7.47. The Balaban J connectivity index is 1.66. The number of carbonyl (C=O) groups is 1. The van der Waals surface area contributed by atoms with Crippen molar-refractivity contribution in [1.29, 1.82) is 0 Å². The minimum absolute atomic E-state index is 0.173. The Labute approximate surface area is 161 Å². The van der Waals surface area contributed by atoms with Gasteiger partial charge in [0.25, 0.3) is 0 Å². The zero-order valence-electron chi connectivity index (χ0n) is 15.7. The Kier molecular flexibility index (Phi) is 7.03. The monoisotopic (exact) mass is 379 g/mol. The van der Waals surface area contributed by atoms with Crippen LogP contribution in [0.15, 0.2) is 18.2 Å². The summed E-state index contributed by atoms with van der Waals surface area (Å²) in [5.74, 6) is 0.173. The molecule has 1 heterocycles. The molecule has 0 spiro atoms. The average Bonchev–Trinajstić information content (AvgIpc) is 2.68. The molecule has 1 aromatic carbocycles. The van der Waals surface area contributed by atoms with E-state index in [-0.39, 0.29) is 5.91 Å². The smallest absolute Gasteiger partial charge is 0.242 e. The maximum absolute atomic E-state index is 12.8. The molecule has 0 radical (unpaired) electrons. The van der Waals surface area contributed by atoms with Gasteiger partial charge in [-0.3, -0.25) is 4.79 Å². The number of ether oxygens (including phenoxy) is 1. The van der Waals surface area contributed by atoms with Crippen LogP contribution in [0.5, 0.6) is 0 Å². The Hall–Kier alpha value is -1.46. The lowest BCUT2D eigenvalue weighted by atomic mass is 9.94. The summed E-state index contributed by atoms with van der Waals surface area (Å²) >= 11 is 6.47. The van der Waals surface area contributed by atoms with E-state index in [4.69, 9.17) is 16.3 Å². The molecule has 1 aliphatic carbocycles. The van der Waals surface area contributed by atoms with Gasteiger partial charge in [0.05, 0.1) is 36.2 Å². The number of morpholine rings is 1. The third kappa shape index (κ3) is 4.63. The van der Waals surface area contributed by atoms with E-state index in [1.807, 2.05) is 23.1 Å². The van der Waals surface area contributed by atoms with Crippen LogP contribution in [0.3, 0.4) is 0 Å². The number of hydrogen-bond donors (Lipinski definition) is 1. The van der Waals surface area contributed by atoms with Gasteiger partial charge in [0.1, 0.15) is 0 Å². The zero-order chi connectivity index (χ0) is 18.4. The standard InChI is InChI=1S/C20H30ClN3O2/c1-2-24(16-7-4-3-5-8-16)19(25)15-22-18-10-6-9-17(21)20(18)23-11-13-26-14-12-23/h6,9-10,16,22H,2-5,7-8,11-15H2,1H3.